The van der Waals surface area contributed by atoms with Crippen molar-refractivity contribution in [3.63, 3.8) is 0 Å². The van der Waals surface area contributed by atoms with E-state index in [-0.39, 0.29) is 17.9 Å². The molecule has 0 saturated carbocycles. The molecule has 0 aromatic rings. The highest BCUT2D eigenvalue weighted by molar-refractivity contribution is 5.80. The number of nitrogens with zero attached hydrogens (tertiary/aromatic N) is 1. The van der Waals surface area contributed by atoms with E-state index in [1.807, 2.05) is 18.7 Å². The van der Waals surface area contributed by atoms with Crippen molar-refractivity contribution in [2.75, 3.05) is 26.8 Å². The van der Waals surface area contributed by atoms with Gasteiger partial charge in [0.1, 0.15) is 0 Å². The van der Waals surface area contributed by atoms with E-state index in [4.69, 9.17) is 4.74 Å². The molecule has 1 fully saturated rings. The van der Waals surface area contributed by atoms with E-state index in [0.29, 0.717) is 12.6 Å². The van der Waals surface area contributed by atoms with Crippen molar-refractivity contribution >= 4 is 5.91 Å². The quantitative estimate of drug-likeness (QED) is 0.759. The molecule has 4 heteroatoms. The number of nitrogens with one attached hydrogen (secondary N) is 1. The second-order valence-corrected chi connectivity index (χ2v) is 4.57. The predicted molar refractivity (Wildman–Crippen MR) is 64.3 cm³/mol. The van der Waals surface area contributed by atoms with Gasteiger partial charge in [-0.2, -0.15) is 0 Å². The molecule has 1 aliphatic heterocycles. The molecular formula is C12H24N2O2. The van der Waals surface area contributed by atoms with Crippen LogP contribution in [0, 0.1) is 5.92 Å². The van der Waals surface area contributed by atoms with Crippen molar-refractivity contribution in [2.24, 2.45) is 5.92 Å². The molecule has 0 aliphatic carbocycles. The molecular weight excluding hydrogens is 204 g/mol. The second-order valence-electron chi connectivity index (χ2n) is 4.57. The van der Waals surface area contributed by atoms with E-state index in [2.05, 4.69) is 12.2 Å². The summed E-state index contributed by atoms with van der Waals surface area (Å²) in [5.41, 5.74) is 0. The largest absolute Gasteiger partial charge is 0.383 e. The van der Waals surface area contributed by atoms with Gasteiger partial charge in [-0.05, 0) is 33.7 Å². The lowest BCUT2D eigenvalue weighted by Crippen LogP contribution is -2.46. The van der Waals surface area contributed by atoms with Gasteiger partial charge in [0.15, 0.2) is 0 Å². The van der Waals surface area contributed by atoms with Gasteiger partial charge in [0.05, 0.1) is 18.6 Å². The third-order valence-electron chi connectivity index (χ3n) is 3.41. The normalized spacial score (nSPS) is 26.8. The Morgan fingerprint density at radius 1 is 1.62 bits per heavy atom. The molecule has 3 atom stereocenters. The van der Waals surface area contributed by atoms with Crippen LogP contribution in [0.15, 0.2) is 0 Å². The minimum absolute atomic E-state index is 0.138. The highest BCUT2D eigenvalue weighted by Crippen LogP contribution is 2.19. The average molecular weight is 228 g/mol. The molecule has 0 spiro atoms. The maximum Gasteiger partial charge on any atom is 0.227 e. The summed E-state index contributed by atoms with van der Waals surface area (Å²) >= 11 is 0. The van der Waals surface area contributed by atoms with Gasteiger partial charge < -0.3 is 15.0 Å². The van der Waals surface area contributed by atoms with Crippen molar-refractivity contribution in [3.05, 3.63) is 0 Å². The molecule has 1 saturated heterocycles. The zero-order valence-corrected chi connectivity index (χ0v) is 10.8. The molecule has 1 aliphatic rings. The van der Waals surface area contributed by atoms with Gasteiger partial charge in [0, 0.05) is 19.7 Å². The van der Waals surface area contributed by atoms with Gasteiger partial charge in [0.2, 0.25) is 5.91 Å². The number of likely N-dealkylation sites (N-methyl/N-ethyl adjacent to an activating group) is 1. The zero-order valence-electron chi connectivity index (χ0n) is 10.8. The molecule has 0 aromatic heterocycles. The lowest BCUT2D eigenvalue weighted by Gasteiger charge is -2.31. The number of amides is 1. The number of rotatable bonds is 5. The van der Waals surface area contributed by atoms with Gasteiger partial charge in [-0.1, -0.05) is 0 Å². The minimum atomic E-state index is 0.138. The van der Waals surface area contributed by atoms with Crippen molar-refractivity contribution in [1.29, 1.82) is 0 Å². The second kappa shape index (κ2) is 6.21. The summed E-state index contributed by atoms with van der Waals surface area (Å²) in [5, 5.41) is 3.32. The van der Waals surface area contributed by atoms with Gasteiger partial charge in [-0.15, -0.1) is 0 Å². The van der Waals surface area contributed by atoms with Gasteiger partial charge in [-0.25, -0.2) is 0 Å². The average Bonchev–Trinajstić information content (AvgIpc) is 2.65. The van der Waals surface area contributed by atoms with E-state index in [1.54, 1.807) is 7.11 Å². The van der Waals surface area contributed by atoms with Crippen LogP contribution >= 0.6 is 0 Å². The molecule has 0 bridgehead atoms. The Balaban J connectivity index is 2.61. The van der Waals surface area contributed by atoms with Crippen molar-refractivity contribution < 1.29 is 9.53 Å². The molecule has 0 radical (unpaired) electrons. The number of carbonyl (C=O) groups is 1. The van der Waals surface area contributed by atoms with Crippen LogP contribution < -0.4 is 5.32 Å². The number of ether oxygens (including phenoxy) is 1. The number of hydrogen-bond acceptors (Lipinski definition) is 3. The third-order valence-corrected chi connectivity index (χ3v) is 3.41. The Bertz CT molecular complexity index is 233. The SMILES string of the molecule is CCN(C(=O)C1CCNC1C)C(C)COC. The topological polar surface area (TPSA) is 41.6 Å². The molecule has 4 nitrogen and oxygen atoms in total. The van der Waals surface area contributed by atoms with Crippen LogP contribution in [0.4, 0.5) is 0 Å². The molecule has 3 unspecified atom stereocenters. The fraction of sp³-hybridized carbons (Fsp3) is 0.917. The summed E-state index contributed by atoms with van der Waals surface area (Å²) in [7, 11) is 1.68. The first-order valence-corrected chi connectivity index (χ1v) is 6.14. The first kappa shape index (κ1) is 13.5. The Morgan fingerprint density at radius 2 is 2.31 bits per heavy atom. The molecule has 16 heavy (non-hydrogen) atoms. The fourth-order valence-electron chi connectivity index (χ4n) is 2.42. The van der Waals surface area contributed by atoms with E-state index in [9.17, 15) is 4.79 Å². The van der Waals surface area contributed by atoms with Crippen LogP contribution in [0.25, 0.3) is 0 Å². The maximum atomic E-state index is 12.3. The predicted octanol–water partition coefficient (Wildman–Crippen LogP) is 0.868. The first-order valence-electron chi connectivity index (χ1n) is 6.14. The Hall–Kier alpha value is -0.610. The fourth-order valence-corrected chi connectivity index (χ4v) is 2.42. The Kier molecular flexibility index (Phi) is 5.22. The monoisotopic (exact) mass is 228 g/mol. The summed E-state index contributed by atoms with van der Waals surface area (Å²) in [6.45, 7) is 8.47. The molecule has 1 N–H and O–H groups in total. The number of carbonyl (C=O) groups excluding carboxylic acids is 1. The lowest BCUT2D eigenvalue weighted by atomic mass is 9.99. The van der Waals surface area contributed by atoms with Gasteiger partial charge in [0.25, 0.3) is 0 Å². The first-order chi connectivity index (χ1) is 7.61. The summed E-state index contributed by atoms with van der Waals surface area (Å²) < 4.78 is 5.12. The van der Waals surface area contributed by atoms with Crippen LogP contribution in [0.3, 0.4) is 0 Å². The number of methoxy groups -OCH3 is 1. The van der Waals surface area contributed by atoms with Crippen molar-refractivity contribution in [3.8, 4) is 0 Å². The summed E-state index contributed by atoms with van der Waals surface area (Å²) in [5.74, 6) is 0.406. The summed E-state index contributed by atoms with van der Waals surface area (Å²) in [6, 6.07) is 0.464. The van der Waals surface area contributed by atoms with E-state index in [1.165, 1.54) is 0 Å². The van der Waals surface area contributed by atoms with Crippen LogP contribution in [-0.4, -0.2) is 49.7 Å². The van der Waals surface area contributed by atoms with E-state index < -0.39 is 0 Å². The third kappa shape index (κ3) is 2.95. The van der Waals surface area contributed by atoms with Crippen molar-refractivity contribution in [1.82, 2.24) is 10.2 Å². The molecule has 1 heterocycles. The molecule has 1 amide bonds. The summed E-state index contributed by atoms with van der Waals surface area (Å²) in [6.07, 6.45) is 0.955. The van der Waals surface area contributed by atoms with Crippen LogP contribution in [0.1, 0.15) is 27.2 Å². The summed E-state index contributed by atoms with van der Waals surface area (Å²) in [4.78, 5) is 14.3. The minimum Gasteiger partial charge on any atom is -0.383 e. The smallest absolute Gasteiger partial charge is 0.227 e. The zero-order chi connectivity index (χ0) is 12.1. The Labute approximate surface area is 98.3 Å². The highest BCUT2D eigenvalue weighted by atomic mass is 16.5. The van der Waals surface area contributed by atoms with E-state index in [0.717, 1.165) is 19.5 Å². The van der Waals surface area contributed by atoms with Gasteiger partial charge in [-0.3, -0.25) is 4.79 Å². The van der Waals surface area contributed by atoms with Crippen LogP contribution in [0.2, 0.25) is 0 Å². The van der Waals surface area contributed by atoms with Crippen LogP contribution in [0.5, 0.6) is 0 Å². The molecule has 0 aromatic carbocycles. The molecule has 1 rings (SSSR count). The number of hydrogen-bond donors (Lipinski definition) is 1. The lowest BCUT2D eigenvalue weighted by molar-refractivity contribution is -0.138. The highest BCUT2D eigenvalue weighted by Gasteiger charge is 2.33. The van der Waals surface area contributed by atoms with Crippen LogP contribution in [-0.2, 0) is 9.53 Å². The van der Waals surface area contributed by atoms with E-state index >= 15 is 0 Å². The molecule has 94 valence electrons. The van der Waals surface area contributed by atoms with Gasteiger partial charge >= 0.3 is 0 Å². The maximum absolute atomic E-state index is 12.3. The standard InChI is InChI=1S/C12H24N2O2/c1-5-14(9(2)8-16-4)12(15)11-6-7-13-10(11)3/h9-11,13H,5-8H2,1-4H3. The van der Waals surface area contributed by atoms with Crippen molar-refractivity contribution in [2.45, 2.75) is 39.3 Å². The Morgan fingerprint density at radius 3 is 2.75 bits per heavy atom.